The Hall–Kier alpha value is -3.58. The lowest BCUT2D eigenvalue weighted by atomic mass is 10.2. The maximum atomic E-state index is 12.5. The van der Waals surface area contributed by atoms with E-state index in [9.17, 15) is 4.79 Å². The highest BCUT2D eigenvalue weighted by molar-refractivity contribution is 7.98. The summed E-state index contributed by atoms with van der Waals surface area (Å²) < 4.78 is 14.7. The van der Waals surface area contributed by atoms with Crippen LogP contribution in [0.15, 0.2) is 53.8 Å². The topological polar surface area (TPSA) is 143 Å². The number of aromatic nitrogens is 4. The molecule has 38 heavy (non-hydrogen) atoms. The van der Waals surface area contributed by atoms with E-state index < -0.39 is 0 Å². The summed E-state index contributed by atoms with van der Waals surface area (Å²) in [5.41, 5.74) is 11.1. The summed E-state index contributed by atoms with van der Waals surface area (Å²) in [6.07, 6.45) is 1.71. The number of nitrogens with one attached hydrogen (secondary N) is 2. The van der Waals surface area contributed by atoms with E-state index in [1.54, 1.807) is 18.0 Å². The number of hydrogen-bond donors (Lipinski definition) is 2. The molecule has 0 aliphatic rings. The van der Waals surface area contributed by atoms with E-state index in [1.807, 2.05) is 49.4 Å². The van der Waals surface area contributed by atoms with Gasteiger partial charge in [-0.25, -0.2) is 4.68 Å². The molecule has 0 saturated heterocycles. The molecule has 4 rings (SSSR count). The Morgan fingerprint density at radius 2 is 2.18 bits per heavy atom. The molecule has 0 saturated carbocycles. The third-order valence-corrected chi connectivity index (χ3v) is 7.61. The van der Waals surface area contributed by atoms with Crippen LogP contribution in [0.4, 0.5) is 0 Å². The fourth-order valence-electron chi connectivity index (χ4n) is 3.49. The molecule has 11 nitrogen and oxygen atoms in total. The molecule has 1 atom stereocenters. The third kappa shape index (κ3) is 8.48. The number of H-pyrrole nitrogens is 1. The van der Waals surface area contributed by atoms with Crippen LogP contribution in [0, 0.1) is 3.95 Å². The Labute approximate surface area is 232 Å². The van der Waals surface area contributed by atoms with Crippen LogP contribution in [0.5, 0.6) is 11.5 Å². The van der Waals surface area contributed by atoms with Gasteiger partial charge >= 0.3 is 0 Å². The van der Waals surface area contributed by atoms with Crippen molar-refractivity contribution in [2.24, 2.45) is 5.11 Å². The highest BCUT2D eigenvalue weighted by Crippen LogP contribution is 2.25. The minimum absolute atomic E-state index is 0.0119. The van der Waals surface area contributed by atoms with E-state index in [-0.39, 0.29) is 25.1 Å². The van der Waals surface area contributed by atoms with Gasteiger partial charge in [0, 0.05) is 22.5 Å². The van der Waals surface area contributed by atoms with Crippen molar-refractivity contribution in [3.05, 3.63) is 74.3 Å². The second kappa shape index (κ2) is 13.8. The second-order valence-corrected chi connectivity index (χ2v) is 11.1. The number of fused-ring (bicyclic) bond motifs is 1. The van der Waals surface area contributed by atoms with Crippen molar-refractivity contribution >= 4 is 51.4 Å². The van der Waals surface area contributed by atoms with Crippen LogP contribution in [0.2, 0.25) is 0 Å². The van der Waals surface area contributed by atoms with Gasteiger partial charge in [0.15, 0.2) is 3.95 Å². The second-order valence-electron chi connectivity index (χ2n) is 8.30. The number of aromatic amines is 1. The number of nitrogens with zero attached hydrogens (tertiary/aromatic N) is 6. The highest BCUT2D eigenvalue weighted by atomic mass is 32.2. The van der Waals surface area contributed by atoms with E-state index in [4.69, 9.17) is 27.2 Å². The van der Waals surface area contributed by atoms with Crippen LogP contribution in [0.25, 0.3) is 20.7 Å². The average Bonchev–Trinajstić information content (AvgIpc) is 3.50. The van der Waals surface area contributed by atoms with E-state index in [0.29, 0.717) is 24.6 Å². The first-order valence-corrected chi connectivity index (χ1v) is 14.1. The summed E-state index contributed by atoms with van der Waals surface area (Å²) in [5, 5.41) is 14.6. The van der Waals surface area contributed by atoms with Gasteiger partial charge in [0.25, 0.3) is 0 Å². The Kier molecular flexibility index (Phi) is 9.98. The first-order valence-electron chi connectivity index (χ1n) is 11.7. The normalized spacial score (nSPS) is 11.6. The summed E-state index contributed by atoms with van der Waals surface area (Å²) in [7, 11) is 0. The summed E-state index contributed by atoms with van der Waals surface area (Å²) in [6, 6.07) is 13.5. The van der Waals surface area contributed by atoms with Gasteiger partial charge in [-0.1, -0.05) is 22.5 Å². The standard InChI is InChI=1S/C24H26N8O3S3/c1-16(14-37-15-17-3-2-4-19(9-17)34-8-7-26-30-25)27-23(33)12-32-11-18(29-31-32)13-35-20-5-6-21-22(10-20)38-24(36)28-21/h2-6,9-11,16H,7-8,12-15H2,1H3,(H,27,33)(H,28,36)/t16-/m0/s1. The summed E-state index contributed by atoms with van der Waals surface area (Å²) in [5.74, 6) is 2.86. The average molecular weight is 571 g/mol. The van der Waals surface area contributed by atoms with Gasteiger partial charge in [0.2, 0.25) is 5.91 Å². The molecular formula is C24H26N8O3S3. The zero-order valence-corrected chi connectivity index (χ0v) is 23.0. The van der Waals surface area contributed by atoms with E-state index in [1.165, 1.54) is 16.0 Å². The van der Waals surface area contributed by atoms with Gasteiger partial charge in [-0.2, -0.15) is 11.8 Å². The van der Waals surface area contributed by atoms with E-state index in [0.717, 1.165) is 37.0 Å². The van der Waals surface area contributed by atoms with Crippen molar-refractivity contribution in [1.82, 2.24) is 25.3 Å². The monoisotopic (exact) mass is 570 g/mol. The number of hydrogen-bond acceptors (Lipinski definition) is 9. The molecule has 2 N–H and O–H groups in total. The maximum Gasteiger partial charge on any atom is 0.242 e. The molecule has 2 aromatic carbocycles. The number of rotatable bonds is 14. The maximum absolute atomic E-state index is 12.5. The summed E-state index contributed by atoms with van der Waals surface area (Å²) in [6.45, 7) is 2.92. The van der Waals surface area contributed by atoms with Crippen LogP contribution in [0.1, 0.15) is 18.2 Å². The Morgan fingerprint density at radius 1 is 1.32 bits per heavy atom. The van der Waals surface area contributed by atoms with E-state index >= 15 is 0 Å². The Bertz CT molecular complexity index is 1480. The van der Waals surface area contributed by atoms with Crippen molar-refractivity contribution in [1.29, 1.82) is 0 Å². The number of thioether (sulfide) groups is 1. The molecule has 0 aliphatic carbocycles. The fraction of sp³-hybridized carbons (Fsp3) is 0.333. The zero-order valence-electron chi connectivity index (χ0n) is 20.6. The molecule has 198 valence electrons. The number of azide groups is 1. The summed E-state index contributed by atoms with van der Waals surface area (Å²) in [4.78, 5) is 18.3. The Morgan fingerprint density at radius 3 is 3.05 bits per heavy atom. The molecule has 0 unspecified atom stereocenters. The molecule has 14 heteroatoms. The van der Waals surface area contributed by atoms with Crippen molar-refractivity contribution < 1.29 is 14.3 Å². The van der Waals surface area contributed by atoms with Gasteiger partial charge < -0.3 is 19.8 Å². The predicted octanol–water partition coefficient (Wildman–Crippen LogP) is 5.26. The molecule has 1 amide bonds. The van der Waals surface area contributed by atoms with Crippen molar-refractivity contribution in [3.63, 3.8) is 0 Å². The number of benzene rings is 2. The third-order valence-electron chi connectivity index (χ3n) is 5.14. The van der Waals surface area contributed by atoms with Crippen LogP contribution in [-0.2, 0) is 23.7 Å². The number of carbonyl (C=O) groups excluding carboxylic acids is 1. The smallest absolute Gasteiger partial charge is 0.242 e. The molecule has 0 fully saturated rings. The number of ether oxygens (including phenoxy) is 2. The van der Waals surface area contributed by atoms with Crippen LogP contribution in [-0.4, -0.2) is 50.8 Å². The molecule has 4 aromatic rings. The fourth-order valence-corrected chi connectivity index (χ4v) is 5.61. The zero-order chi connectivity index (χ0) is 26.7. The molecular weight excluding hydrogens is 545 g/mol. The van der Waals surface area contributed by atoms with E-state index in [2.05, 4.69) is 30.6 Å². The van der Waals surface area contributed by atoms with Crippen molar-refractivity contribution in [2.45, 2.75) is 31.9 Å². The molecule has 2 aromatic heterocycles. The first kappa shape index (κ1) is 27.5. The molecule has 0 spiro atoms. The van der Waals surface area contributed by atoms with Gasteiger partial charge in [-0.3, -0.25) is 4.79 Å². The first-order chi connectivity index (χ1) is 18.5. The number of thiazole rings is 1. The van der Waals surface area contributed by atoms with Gasteiger partial charge in [0.1, 0.15) is 30.3 Å². The lowest BCUT2D eigenvalue weighted by molar-refractivity contribution is -0.122. The van der Waals surface area contributed by atoms with Crippen LogP contribution >= 0.6 is 35.3 Å². The molecule has 0 bridgehead atoms. The quantitative estimate of drug-likeness (QED) is 0.0692. The lowest BCUT2D eigenvalue weighted by Gasteiger charge is -2.14. The molecule has 0 radical (unpaired) electrons. The van der Waals surface area contributed by atoms with Crippen LogP contribution < -0.4 is 14.8 Å². The number of amides is 1. The van der Waals surface area contributed by atoms with Crippen molar-refractivity contribution in [2.75, 3.05) is 18.9 Å². The van der Waals surface area contributed by atoms with Gasteiger partial charge in [0.05, 0.1) is 29.6 Å². The van der Waals surface area contributed by atoms with Crippen LogP contribution in [0.3, 0.4) is 0 Å². The Balaban J connectivity index is 1.16. The molecule has 2 heterocycles. The molecule has 0 aliphatic heterocycles. The minimum atomic E-state index is -0.134. The van der Waals surface area contributed by atoms with Gasteiger partial charge in [-0.05, 0) is 60.6 Å². The highest BCUT2D eigenvalue weighted by Gasteiger charge is 2.11. The lowest BCUT2D eigenvalue weighted by Crippen LogP contribution is -2.36. The number of carbonyl (C=O) groups is 1. The SMILES string of the molecule is C[C@@H](CSCc1cccc(OCCN=[N+]=[N-])c1)NC(=O)Cn1cc(COc2ccc3[nH]c(=S)sc3c2)nn1. The van der Waals surface area contributed by atoms with Crippen molar-refractivity contribution in [3.8, 4) is 11.5 Å². The summed E-state index contributed by atoms with van der Waals surface area (Å²) >= 11 is 8.39. The van der Waals surface area contributed by atoms with Gasteiger partial charge in [-0.15, -0.1) is 16.4 Å². The largest absolute Gasteiger partial charge is 0.493 e. The minimum Gasteiger partial charge on any atom is -0.493 e. The predicted molar refractivity (Wildman–Crippen MR) is 151 cm³/mol.